The molecule has 0 aromatic carbocycles. The van der Waals surface area contributed by atoms with E-state index in [4.69, 9.17) is 9.84 Å². The summed E-state index contributed by atoms with van der Waals surface area (Å²) in [5, 5.41) is 9.09. The number of esters is 1. The van der Waals surface area contributed by atoms with Crippen molar-refractivity contribution in [2.24, 2.45) is 5.92 Å². The Morgan fingerprint density at radius 2 is 2.05 bits per heavy atom. The summed E-state index contributed by atoms with van der Waals surface area (Å²) in [7, 11) is 0. The molecule has 0 saturated carbocycles. The van der Waals surface area contributed by atoms with E-state index in [1.54, 1.807) is 6.92 Å². The average Bonchev–Trinajstić information content (AvgIpc) is 2.48. The van der Waals surface area contributed by atoms with E-state index in [1.807, 2.05) is 0 Å². The molecule has 6 heteroatoms. The van der Waals surface area contributed by atoms with Crippen LogP contribution < -0.4 is 4.90 Å². The lowest BCUT2D eigenvalue weighted by atomic mass is 9.98. The van der Waals surface area contributed by atoms with Crippen LogP contribution in [-0.4, -0.2) is 47.3 Å². The van der Waals surface area contributed by atoms with E-state index in [0.29, 0.717) is 24.0 Å². The molecule has 2 heterocycles. The number of anilines is 1. The Morgan fingerprint density at radius 3 is 2.58 bits per heavy atom. The molecule has 6 nitrogen and oxygen atoms in total. The zero-order valence-electron chi connectivity index (χ0n) is 11.1. The highest BCUT2D eigenvalue weighted by Gasteiger charge is 2.20. The van der Waals surface area contributed by atoms with Crippen LogP contribution in [0.2, 0.25) is 0 Å². The van der Waals surface area contributed by atoms with E-state index in [0.717, 1.165) is 25.9 Å². The lowest BCUT2D eigenvalue weighted by molar-refractivity contribution is 0.0525. The highest BCUT2D eigenvalue weighted by Crippen LogP contribution is 2.19. The molecule has 0 spiro atoms. The minimum absolute atomic E-state index is 0.247. The molecule has 1 aliphatic rings. The zero-order valence-corrected chi connectivity index (χ0v) is 11.1. The van der Waals surface area contributed by atoms with Gasteiger partial charge in [-0.2, -0.15) is 0 Å². The lowest BCUT2D eigenvalue weighted by Crippen LogP contribution is -2.35. The predicted molar refractivity (Wildman–Crippen MR) is 70.0 cm³/mol. The van der Waals surface area contributed by atoms with Crippen LogP contribution in [0.4, 0.5) is 5.95 Å². The van der Waals surface area contributed by atoms with Gasteiger partial charge in [-0.1, -0.05) is 0 Å². The molecule has 1 saturated heterocycles. The topological polar surface area (TPSA) is 75.5 Å². The van der Waals surface area contributed by atoms with Gasteiger partial charge >= 0.3 is 5.97 Å². The van der Waals surface area contributed by atoms with E-state index in [-0.39, 0.29) is 6.61 Å². The third kappa shape index (κ3) is 3.41. The van der Waals surface area contributed by atoms with Gasteiger partial charge in [0.2, 0.25) is 5.95 Å². The first-order valence-corrected chi connectivity index (χ1v) is 6.59. The van der Waals surface area contributed by atoms with Crippen LogP contribution in [0.1, 0.15) is 30.1 Å². The fourth-order valence-corrected chi connectivity index (χ4v) is 2.12. The van der Waals surface area contributed by atoms with Crippen LogP contribution in [0.5, 0.6) is 0 Å². The number of hydrogen-bond acceptors (Lipinski definition) is 6. The molecule has 2 rings (SSSR count). The number of piperidine rings is 1. The minimum Gasteiger partial charge on any atom is -0.462 e. The Morgan fingerprint density at radius 1 is 1.42 bits per heavy atom. The summed E-state index contributed by atoms with van der Waals surface area (Å²) in [6, 6.07) is 0. The van der Waals surface area contributed by atoms with Crippen LogP contribution in [0.25, 0.3) is 0 Å². The third-order valence-corrected chi connectivity index (χ3v) is 3.30. The normalized spacial score (nSPS) is 16.4. The molecule has 1 aromatic heterocycles. The summed E-state index contributed by atoms with van der Waals surface area (Å²) in [6.45, 7) is 4.03. The van der Waals surface area contributed by atoms with Crippen molar-refractivity contribution in [1.29, 1.82) is 0 Å². The fraction of sp³-hybridized carbons (Fsp3) is 0.615. The Labute approximate surface area is 112 Å². The molecular formula is C13H19N3O3. The number of aliphatic hydroxyl groups is 1. The van der Waals surface area contributed by atoms with Crippen molar-refractivity contribution in [1.82, 2.24) is 9.97 Å². The SMILES string of the molecule is CCOC(=O)c1cnc(N2CCC(CO)CC2)nc1. The van der Waals surface area contributed by atoms with Gasteiger partial charge in [-0.15, -0.1) is 0 Å². The molecule has 0 atom stereocenters. The molecule has 1 aromatic rings. The van der Waals surface area contributed by atoms with E-state index in [2.05, 4.69) is 14.9 Å². The maximum Gasteiger partial charge on any atom is 0.341 e. The number of hydrogen-bond donors (Lipinski definition) is 1. The van der Waals surface area contributed by atoms with Crippen molar-refractivity contribution in [3.05, 3.63) is 18.0 Å². The molecule has 1 N–H and O–H groups in total. The first-order valence-electron chi connectivity index (χ1n) is 6.59. The van der Waals surface area contributed by atoms with Gasteiger partial charge in [0.15, 0.2) is 0 Å². The summed E-state index contributed by atoms with van der Waals surface area (Å²) in [5.74, 6) is 0.618. The van der Waals surface area contributed by atoms with Gasteiger partial charge in [0, 0.05) is 32.1 Å². The number of rotatable bonds is 4. The Bertz CT molecular complexity index is 414. The van der Waals surface area contributed by atoms with Crippen molar-refractivity contribution < 1.29 is 14.6 Å². The van der Waals surface area contributed by atoms with Gasteiger partial charge < -0.3 is 14.7 Å². The number of nitrogens with zero attached hydrogens (tertiary/aromatic N) is 3. The monoisotopic (exact) mass is 265 g/mol. The number of ether oxygens (including phenoxy) is 1. The second-order valence-electron chi connectivity index (χ2n) is 4.61. The maximum absolute atomic E-state index is 11.5. The van der Waals surface area contributed by atoms with E-state index in [1.165, 1.54) is 12.4 Å². The van der Waals surface area contributed by atoms with E-state index < -0.39 is 5.97 Å². The standard InChI is InChI=1S/C13H19N3O3/c1-2-19-12(18)11-7-14-13(15-8-11)16-5-3-10(9-17)4-6-16/h7-8,10,17H,2-6,9H2,1H3. The van der Waals surface area contributed by atoms with Crippen molar-refractivity contribution in [3.8, 4) is 0 Å². The highest BCUT2D eigenvalue weighted by atomic mass is 16.5. The summed E-state index contributed by atoms with van der Waals surface area (Å²) in [4.78, 5) is 22.0. The lowest BCUT2D eigenvalue weighted by Gasteiger charge is -2.30. The van der Waals surface area contributed by atoms with Gasteiger partial charge in [-0.25, -0.2) is 14.8 Å². The molecule has 0 radical (unpaired) electrons. The third-order valence-electron chi connectivity index (χ3n) is 3.30. The molecule has 0 unspecified atom stereocenters. The highest BCUT2D eigenvalue weighted by molar-refractivity contribution is 5.88. The zero-order chi connectivity index (χ0) is 13.7. The van der Waals surface area contributed by atoms with E-state index in [9.17, 15) is 4.79 Å². The van der Waals surface area contributed by atoms with Gasteiger partial charge in [0.1, 0.15) is 0 Å². The van der Waals surface area contributed by atoms with Crippen LogP contribution in [0, 0.1) is 5.92 Å². The van der Waals surface area contributed by atoms with Gasteiger partial charge in [-0.3, -0.25) is 0 Å². The summed E-state index contributed by atoms with van der Waals surface area (Å²) in [6.07, 6.45) is 4.88. The second-order valence-corrected chi connectivity index (χ2v) is 4.61. The molecule has 1 fully saturated rings. The van der Waals surface area contributed by atoms with Crippen molar-refractivity contribution in [2.75, 3.05) is 31.2 Å². The Kier molecular flexibility index (Phi) is 4.68. The van der Waals surface area contributed by atoms with Crippen LogP contribution >= 0.6 is 0 Å². The summed E-state index contributed by atoms with van der Waals surface area (Å²) < 4.78 is 4.88. The largest absolute Gasteiger partial charge is 0.462 e. The summed E-state index contributed by atoms with van der Waals surface area (Å²) in [5.41, 5.74) is 0.371. The van der Waals surface area contributed by atoms with Crippen molar-refractivity contribution in [3.63, 3.8) is 0 Å². The first-order chi connectivity index (χ1) is 9.24. The van der Waals surface area contributed by atoms with Crippen LogP contribution in [0.15, 0.2) is 12.4 Å². The number of aromatic nitrogens is 2. The van der Waals surface area contributed by atoms with Crippen LogP contribution in [-0.2, 0) is 4.74 Å². The van der Waals surface area contributed by atoms with Gasteiger partial charge in [-0.05, 0) is 25.7 Å². The summed E-state index contributed by atoms with van der Waals surface area (Å²) >= 11 is 0. The number of carbonyl (C=O) groups is 1. The molecular weight excluding hydrogens is 246 g/mol. The fourth-order valence-electron chi connectivity index (χ4n) is 2.12. The van der Waals surface area contributed by atoms with E-state index >= 15 is 0 Å². The molecule has 0 amide bonds. The van der Waals surface area contributed by atoms with Crippen molar-refractivity contribution in [2.45, 2.75) is 19.8 Å². The Balaban J connectivity index is 1.97. The molecule has 0 bridgehead atoms. The average molecular weight is 265 g/mol. The van der Waals surface area contributed by atoms with Crippen LogP contribution in [0.3, 0.4) is 0 Å². The molecule has 104 valence electrons. The number of carbonyl (C=O) groups excluding carboxylic acids is 1. The van der Waals surface area contributed by atoms with Gasteiger partial charge in [0.25, 0.3) is 0 Å². The Hall–Kier alpha value is -1.69. The number of aliphatic hydroxyl groups excluding tert-OH is 1. The predicted octanol–water partition coefficient (Wildman–Crippen LogP) is 0.862. The maximum atomic E-state index is 11.5. The van der Waals surface area contributed by atoms with Gasteiger partial charge in [0.05, 0.1) is 12.2 Å². The molecule has 0 aliphatic carbocycles. The first kappa shape index (κ1) is 13.7. The minimum atomic E-state index is -0.395. The second kappa shape index (κ2) is 6.47. The molecule has 19 heavy (non-hydrogen) atoms. The quantitative estimate of drug-likeness (QED) is 0.814. The molecule has 1 aliphatic heterocycles. The smallest absolute Gasteiger partial charge is 0.341 e. The van der Waals surface area contributed by atoms with Crippen molar-refractivity contribution >= 4 is 11.9 Å².